The molecule has 0 spiro atoms. The summed E-state index contributed by atoms with van der Waals surface area (Å²) in [5, 5.41) is 0. The normalized spacial score (nSPS) is 19.3. The molecule has 0 N–H and O–H groups in total. The number of rotatable bonds is 0. The lowest BCUT2D eigenvalue weighted by molar-refractivity contribution is 0.158. The fraction of sp³-hybridized carbons (Fsp3) is 0.400. The van der Waals surface area contributed by atoms with E-state index >= 15 is 0 Å². The molecule has 0 amide bonds. The van der Waals surface area contributed by atoms with Gasteiger partial charge in [-0.1, -0.05) is 18.2 Å². The first-order valence-electron chi connectivity index (χ1n) is 4.16. The van der Waals surface area contributed by atoms with Gasteiger partial charge in [-0.15, -0.1) is 0 Å². The molecule has 2 aliphatic heterocycles. The van der Waals surface area contributed by atoms with E-state index in [0.29, 0.717) is 0 Å². The van der Waals surface area contributed by atoms with Gasteiger partial charge >= 0.3 is 0 Å². The van der Waals surface area contributed by atoms with Crippen LogP contribution in [0.2, 0.25) is 0 Å². The van der Waals surface area contributed by atoms with Crippen LogP contribution in [-0.2, 0) is 9.47 Å². The summed E-state index contributed by atoms with van der Waals surface area (Å²) in [5.41, 5.74) is 0. The summed E-state index contributed by atoms with van der Waals surface area (Å²) >= 11 is 0. The lowest BCUT2D eigenvalue weighted by atomic mass is 10.3. The minimum atomic E-state index is 0.733. The average Bonchev–Trinajstić information content (AvgIpc) is 2.24. The first-order chi connectivity index (χ1) is 6.00. The van der Waals surface area contributed by atoms with Crippen molar-refractivity contribution in [3.63, 3.8) is 0 Å². The van der Waals surface area contributed by atoms with E-state index in [-0.39, 0.29) is 0 Å². The number of hydrogen-bond acceptors (Lipinski definition) is 2. The van der Waals surface area contributed by atoms with Gasteiger partial charge in [0.1, 0.15) is 6.61 Å². The van der Waals surface area contributed by atoms with Crippen LogP contribution in [0.15, 0.2) is 36.6 Å². The Morgan fingerprint density at radius 1 is 0.917 bits per heavy atom. The Labute approximate surface area is 73.2 Å². The average molecular weight is 166 g/mol. The molecule has 12 heavy (non-hydrogen) atoms. The standard InChI is InChI=1S/C5H8O.C5H6O/c2*1-2-4-6-5-3-1/h1-2H,3-5H2;1-4H,5H2. The number of hydrogen-bond donors (Lipinski definition) is 0. The largest absolute Gasteiger partial charge is 0.497 e. The Bertz CT molecular complexity index is 160. The van der Waals surface area contributed by atoms with E-state index in [1.165, 1.54) is 0 Å². The van der Waals surface area contributed by atoms with Crippen molar-refractivity contribution in [3.05, 3.63) is 36.6 Å². The van der Waals surface area contributed by atoms with Crippen molar-refractivity contribution in [2.45, 2.75) is 6.42 Å². The molecule has 66 valence electrons. The van der Waals surface area contributed by atoms with Gasteiger partial charge in [0.05, 0.1) is 19.5 Å². The zero-order valence-corrected chi connectivity index (χ0v) is 7.11. The molecule has 0 unspecified atom stereocenters. The van der Waals surface area contributed by atoms with Crippen LogP contribution in [0.25, 0.3) is 0 Å². The van der Waals surface area contributed by atoms with Crippen LogP contribution in [-0.4, -0.2) is 19.8 Å². The fourth-order valence-electron chi connectivity index (χ4n) is 0.835. The van der Waals surface area contributed by atoms with Gasteiger partial charge in [-0.3, -0.25) is 0 Å². The van der Waals surface area contributed by atoms with Crippen LogP contribution in [0.4, 0.5) is 0 Å². The van der Waals surface area contributed by atoms with Gasteiger partial charge in [0, 0.05) is 0 Å². The molecule has 2 rings (SSSR count). The van der Waals surface area contributed by atoms with E-state index in [0.717, 1.165) is 26.2 Å². The fourth-order valence-corrected chi connectivity index (χ4v) is 0.835. The van der Waals surface area contributed by atoms with Crippen molar-refractivity contribution >= 4 is 0 Å². The maximum absolute atomic E-state index is 4.98. The lowest BCUT2D eigenvalue weighted by Crippen LogP contribution is -1.96. The van der Waals surface area contributed by atoms with Crippen LogP contribution in [0.5, 0.6) is 0 Å². The summed E-state index contributed by atoms with van der Waals surface area (Å²) in [6, 6.07) is 0. The molecule has 2 nitrogen and oxygen atoms in total. The Kier molecular flexibility index (Phi) is 5.05. The van der Waals surface area contributed by atoms with E-state index < -0.39 is 0 Å². The molecule has 0 radical (unpaired) electrons. The predicted molar refractivity (Wildman–Crippen MR) is 48.8 cm³/mol. The second-order valence-electron chi connectivity index (χ2n) is 2.43. The predicted octanol–water partition coefficient (Wildman–Crippen LogP) is 2.05. The summed E-state index contributed by atoms with van der Waals surface area (Å²) in [4.78, 5) is 0. The van der Waals surface area contributed by atoms with Gasteiger partial charge in [-0.05, 0) is 18.6 Å². The van der Waals surface area contributed by atoms with Crippen molar-refractivity contribution in [1.29, 1.82) is 0 Å². The van der Waals surface area contributed by atoms with Crippen molar-refractivity contribution in [3.8, 4) is 0 Å². The molecule has 2 heteroatoms. The third-order valence-corrected chi connectivity index (χ3v) is 1.42. The van der Waals surface area contributed by atoms with E-state index in [1.807, 2.05) is 24.3 Å². The second kappa shape index (κ2) is 6.68. The van der Waals surface area contributed by atoms with Gasteiger partial charge in [-0.2, -0.15) is 0 Å². The van der Waals surface area contributed by atoms with Crippen LogP contribution < -0.4 is 0 Å². The highest BCUT2D eigenvalue weighted by molar-refractivity contribution is 5.02. The van der Waals surface area contributed by atoms with E-state index in [9.17, 15) is 0 Å². The van der Waals surface area contributed by atoms with Crippen LogP contribution >= 0.6 is 0 Å². The molecule has 0 aromatic carbocycles. The first-order valence-corrected chi connectivity index (χ1v) is 4.16. The molecule has 0 bridgehead atoms. The number of ether oxygens (including phenoxy) is 2. The minimum absolute atomic E-state index is 0.733. The quantitative estimate of drug-likeness (QED) is 0.513. The van der Waals surface area contributed by atoms with Crippen LogP contribution in [0.3, 0.4) is 0 Å². The molecular weight excluding hydrogens is 152 g/mol. The van der Waals surface area contributed by atoms with Crippen molar-refractivity contribution < 1.29 is 9.47 Å². The second-order valence-corrected chi connectivity index (χ2v) is 2.43. The first kappa shape index (κ1) is 9.07. The topological polar surface area (TPSA) is 18.5 Å². The SMILES string of the molecule is C1=CCOC=C1.C1=CCOCC1. The maximum atomic E-state index is 4.98. The number of allylic oxidation sites excluding steroid dienone is 2. The molecule has 2 aliphatic rings. The Hall–Kier alpha value is -1.02. The summed E-state index contributed by atoms with van der Waals surface area (Å²) in [7, 11) is 0. The van der Waals surface area contributed by atoms with Crippen LogP contribution in [0, 0.1) is 0 Å². The van der Waals surface area contributed by atoms with Crippen molar-refractivity contribution in [2.75, 3.05) is 19.8 Å². The highest BCUT2D eigenvalue weighted by Crippen LogP contribution is 1.91. The highest BCUT2D eigenvalue weighted by atomic mass is 16.5. The summed E-state index contributed by atoms with van der Waals surface area (Å²) in [6.45, 7) is 2.47. The van der Waals surface area contributed by atoms with E-state index in [2.05, 4.69) is 6.08 Å². The molecule has 0 fully saturated rings. The molecule has 0 aromatic heterocycles. The van der Waals surface area contributed by atoms with Gasteiger partial charge in [0.15, 0.2) is 0 Å². The zero-order chi connectivity index (χ0) is 8.49. The van der Waals surface area contributed by atoms with Gasteiger partial charge in [-0.25, -0.2) is 0 Å². The minimum Gasteiger partial charge on any atom is -0.497 e. The van der Waals surface area contributed by atoms with Crippen LogP contribution in [0.1, 0.15) is 6.42 Å². The van der Waals surface area contributed by atoms with Gasteiger partial charge in [0.2, 0.25) is 0 Å². The third-order valence-electron chi connectivity index (χ3n) is 1.42. The monoisotopic (exact) mass is 166 g/mol. The molecule has 0 saturated carbocycles. The van der Waals surface area contributed by atoms with E-state index in [4.69, 9.17) is 9.47 Å². The lowest BCUT2D eigenvalue weighted by Gasteiger charge is -2.00. The molecule has 2 heterocycles. The summed E-state index contributed by atoms with van der Waals surface area (Å²) in [6.07, 6.45) is 12.8. The third kappa shape index (κ3) is 4.74. The maximum Gasteiger partial charge on any atom is 0.106 e. The Balaban J connectivity index is 0.000000120. The van der Waals surface area contributed by atoms with Crippen molar-refractivity contribution in [1.82, 2.24) is 0 Å². The molecule has 0 aliphatic carbocycles. The Morgan fingerprint density at radius 3 is 2.08 bits per heavy atom. The smallest absolute Gasteiger partial charge is 0.106 e. The zero-order valence-electron chi connectivity index (χ0n) is 7.11. The van der Waals surface area contributed by atoms with Crippen molar-refractivity contribution in [2.24, 2.45) is 0 Å². The summed E-state index contributed by atoms with van der Waals surface area (Å²) in [5.74, 6) is 0. The molecule has 0 saturated heterocycles. The molecule has 0 atom stereocenters. The molecule has 0 aromatic rings. The Morgan fingerprint density at radius 2 is 1.92 bits per heavy atom. The van der Waals surface area contributed by atoms with Gasteiger partial charge < -0.3 is 9.47 Å². The molecular formula is C10H14O2. The summed E-state index contributed by atoms with van der Waals surface area (Å²) < 4.78 is 9.78. The van der Waals surface area contributed by atoms with Gasteiger partial charge in [0.25, 0.3) is 0 Å². The highest BCUT2D eigenvalue weighted by Gasteiger charge is 1.85. The van der Waals surface area contributed by atoms with E-state index in [1.54, 1.807) is 6.26 Å².